The van der Waals surface area contributed by atoms with Crippen LogP contribution in [-0.4, -0.2) is 16.8 Å². The summed E-state index contributed by atoms with van der Waals surface area (Å²) in [5.41, 5.74) is 1.20. The molecule has 0 saturated heterocycles. The van der Waals surface area contributed by atoms with Crippen molar-refractivity contribution in [3.63, 3.8) is 0 Å². The van der Waals surface area contributed by atoms with Crippen molar-refractivity contribution in [1.82, 2.24) is 10.2 Å². The first-order chi connectivity index (χ1) is 11.4. The molecular weight excluding hydrogens is 310 g/mol. The molecule has 0 fully saturated rings. The van der Waals surface area contributed by atoms with Gasteiger partial charge in [0.15, 0.2) is 22.6 Å². The number of benzene rings is 2. The lowest BCUT2D eigenvalue weighted by Gasteiger charge is -2.24. The maximum Gasteiger partial charge on any atom is 0.206 e. The Morgan fingerprint density at radius 2 is 1.78 bits per heavy atom. The van der Waals surface area contributed by atoms with Crippen molar-refractivity contribution in [3.05, 3.63) is 65.2 Å². The van der Waals surface area contributed by atoms with Gasteiger partial charge < -0.3 is 14.8 Å². The Balaban J connectivity index is 1.42. The Hall–Kier alpha value is -2.60. The van der Waals surface area contributed by atoms with E-state index in [0.29, 0.717) is 6.61 Å². The quantitative estimate of drug-likeness (QED) is 0.793. The summed E-state index contributed by atoms with van der Waals surface area (Å²) in [6.07, 6.45) is -0.213. The predicted octanol–water partition coefficient (Wildman–Crippen LogP) is 3.66. The number of nitrogens with zero attached hydrogens (tertiary/aromatic N) is 2. The van der Waals surface area contributed by atoms with Gasteiger partial charge in [-0.15, -0.1) is 10.2 Å². The topological polar surface area (TPSA) is 56.3 Å². The molecule has 0 spiro atoms. The molecule has 6 heteroatoms. The summed E-state index contributed by atoms with van der Waals surface area (Å²) in [7, 11) is 0. The first-order valence-corrected chi connectivity index (χ1v) is 8.20. The maximum absolute atomic E-state index is 5.95. The van der Waals surface area contributed by atoms with Crippen LogP contribution in [0.15, 0.2) is 54.6 Å². The summed E-state index contributed by atoms with van der Waals surface area (Å²) in [6, 6.07) is 17.9. The van der Waals surface area contributed by atoms with E-state index in [1.165, 1.54) is 16.9 Å². The van der Waals surface area contributed by atoms with Crippen LogP contribution in [0.1, 0.15) is 16.7 Å². The summed E-state index contributed by atoms with van der Waals surface area (Å²) >= 11 is 1.49. The molecule has 23 heavy (non-hydrogen) atoms. The summed E-state index contributed by atoms with van der Waals surface area (Å²) in [4.78, 5) is 0. The highest BCUT2D eigenvalue weighted by atomic mass is 32.1. The average molecular weight is 325 g/mol. The van der Waals surface area contributed by atoms with Gasteiger partial charge in [0.1, 0.15) is 6.61 Å². The number of para-hydroxylation sites is 2. The van der Waals surface area contributed by atoms with Gasteiger partial charge in [-0.1, -0.05) is 53.8 Å². The molecule has 2 heterocycles. The molecule has 1 unspecified atom stereocenters. The monoisotopic (exact) mass is 325 g/mol. The third-order valence-corrected chi connectivity index (χ3v) is 4.48. The number of hydrogen-bond acceptors (Lipinski definition) is 6. The molecule has 0 radical (unpaired) electrons. The second-order valence-electron chi connectivity index (χ2n) is 5.15. The predicted molar refractivity (Wildman–Crippen MR) is 89.0 cm³/mol. The van der Waals surface area contributed by atoms with Gasteiger partial charge in [0.05, 0.1) is 0 Å². The lowest BCUT2D eigenvalue weighted by atomic mass is 10.2. The standard InChI is InChI=1S/C17H15N3O2S/c1-2-6-12(7-3-1)10-18-17-20-19-16(23-17)15-11-21-13-8-4-5-9-14(13)22-15/h1-9,15H,10-11H2,(H,18,20). The molecule has 116 valence electrons. The fourth-order valence-corrected chi connectivity index (χ4v) is 3.10. The highest BCUT2D eigenvalue weighted by molar-refractivity contribution is 7.15. The van der Waals surface area contributed by atoms with Crippen molar-refractivity contribution in [2.45, 2.75) is 12.6 Å². The van der Waals surface area contributed by atoms with Gasteiger partial charge in [0, 0.05) is 6.54 Å². The van der Waals surface area contributed by atoms with Crippen molar-refractivity contribution in [3.8, 4) is 11.5 Å². The number of fused-ring (bicyclic) bond motifs is 1. The molecule has 1 atom stereocenters. The van der Waals surface area contributed by atoms with Gasteiger partial charge in [-0.2, -0.15) is 0 Å². The van der Waals surface area contributed by atoms with Gasteiger partial charge in [-0.3, -0.25) is 0 Å². The number of rotatable bonds is 4. The highest BCUT2D eigenvalue weighted by Gasteiger charge is 2.25. The van der Waals surface area contributed by atoms with Crippen LogP contribution in [0.3, 0.4) is 0 Å². The van der Waals surface area contributed by atoms with Crippen LogP contribution in [0.5, 0.6) is 11.5 Å². The lowest BCUT2D eigenvalue weighted by Crippen LogP contribution is -2.21. The molecule has 5 nitrogen and oxygen atoms in total. The molecule has 1 aromatic heterocycles. The van der Waals surface area contributed by atoms with Gasteiger partial charge in [0.2, 0.25) is 5.13 Å². The molecule has 0 amide bonds. The average Bonchev–Trinajstić information content (AvgIpc) is 3.09. The SMILES string of the molecule is c1ccc(CNc2nnc(C3COc4ccccc4O3)s2)cc1. The van der Waals surface area contributed by atoms with E-state index in [0.717, 1.165) is 28.2 Å². The van der Waals surface area contributed by atoms with E-state index in [9.17, 15) is 0 Å². The Bertz CT molecular complexity index is 791. The van der Waals surface area contributed by atoms with Gasteiger partial charge in [0.25, 0.3) is 0 Å². The first kappa shape index (κ1) is 14.0. The Kier molecular flexibility index (Phi) is 3.81. The zero-order valence-electron chi connectivity index (χ0n) is 12.3. The van der Waals surface area contributed by atoms with E-state index in [-0.39, 0.29) is 6.10 Å². The van der Waals surface area contributed by atoms with Gasteiger partial charge in [-0.25, -0.2) is 0 Å². The number of hydrogen-bond donors (Lipinski definition) is 1. The fourth-order valence-electron chi connectivity index (χ4n) is 2.35. The van der Waals surface area contributed by atoms with E-state index in [1.54, 1.807) is 0 Å². The number of aromatic nitrogens is 2. The van der Waals surface area contributed by atoms with Crippen LogP contribution in [0, 0.1) is 0 Å². The zero-order valence-corrected chi connectivity index (χ0v) is 13.1. The largest absolute Gasteiger partial charge is 0.485 e. The summed E-state index contributed by atoms with van der Waals surface area (Å²) in [6.45, 7) is 1.17. The fraction of sp³-hybridized carbons (Fsp3) is 0.176. The molecule has 0 bridgehead atoms. The summed E-state index contributed by atoms with van der Waals surface area (Å²) in [5.74, 6) is 1.52. The number of nitrogens with one attached hydrogen (secondary N) is 1. The normalized spacial score (nSPS) is 16.1. The van der Waals surface area contributed by atoms with Crippen LogP contribution < -0.4 is 14.8 Å². The van der Waals surface area contributed by atoms with Crippen molar-refractivity contribution in [2.75, 3.05) is 11.9 Å². The molecule has 1 aliphatic heterocycles. The van der Waals surface area contributed by atoms with Crippen LogP contribution in [0.4, 0.5) is 5.13 Å². The van der Waals surface area contributed by atoms with Crippen LogP contribution >= 0.6 is 11.3 Å². The Labute approximate surface area is 137 Å². The zero-order chi connectivity index (χ0) is 15.5. The molecule has 0 aliphatic carbocycles. The van der Waals surface area contributed by atoms with Crippen molar-refractivity contribution < 1.29 is 9.47 Å². The van der Waals surface area contributed by atoms with E-state index in [2.05, 4.69) is 27.6 Å². The molecule has 3 aromatic rings. The van der Waals surface area contributed by atoms with Crippen molar-refractivity contribution >= 4 is 16.5 Å². The minimum atomic E-state index is -0.213. The molecule has 2 aromatic carbocycles. The molecular formula is C17H15N3O2S. The lowest BCUT2D eigenvalue weighted by molar-refractivity contribution is 0.0906. The second kappa shape index (κ2) is 6.26. The van der Waals surface area contributed by atoms with E-state index in [1.807, 2.05) is 42.5 Å². The van der Waals surface area contributed by atoms with Crippen LogP contribution in [-0.2, 0) is 6.54 Å². The number of anilines is 1. The molecule has 1 N–H and O–H groups in total. The van der Waals surface area contributed by atoms with Crippen molar-refractivity contribution in [2.24, 2.45) is 0 Å². The Morgan fingerprint density at radius 3 is 2.65 bits per heavy atom. The minimum Gasteiger partial charge on any atom is -0.485 e. The van der Waals surface area contributed by atoms with Gasteiger partial charge >= 0.3 is 0 Å². The van der Waals surface area contributed by atoms with E-state index < -0.39 is 0 Å². The Morgan fingerprint density at radius 1 is 1.00 bits per heavy atom. The van der Waals surface area contributed by atoms with Gasteiger partial charge in [-0.05, 0) is 17.7 Å². The third kappa shape index (κ3) is 3.12. The summed E-state index contributed by atoms with van der Waals surface area (Å²) < 4.78 is 11.7. The van der Waals surface area contributed by atoms with Crippen LogP contribution in [0.25, 0.3) is 0 Å². The summed E-state index contributed by atoms with van der Waals surface area (Å²) in [5, 5.41) is 13.3. The molecule has 0 saturated carbocycles. The maximum atomic E-state index is 5.95. The first-order valence-electron chi connectivity index (χ1n) is 7.38. The highest BCUT2D eigenvalue weighted by Crippen LogP contribution is 2.37. The molecule has 1 aliphatic rings. The van der Waals surface area contributed by atoms with Crippen molar-refractivity contribution in [1.29, 1.82) is 0 Å². The number of ether oxygens (including phenoxy) is 2. The smallest absolute Gasteiger partial charge is 0.206 e. The van der Waals surface area contributed by atoms with E-state index in [4.69, 9.17) is 9.47 Å². The third-order valence-electron chi connectivity index (χ3n) is 3.51. The second-order valence-corrected chi connectivity index (χ2v) is 6.16. The molecule has 4 rings (SSSR count). The minimum absolute atomic E-state index is 0.213. The van der Waals surface area contributed by atoms with E-state index >= 15 is 0 Å². The van der Waals surface area contributed by atoms with Crippen LogP contribution in [0.2, 0.25) is 0 Å².